The summed E-state index contributed by atoms with van der Waals surface area (Å²) in [5.74, 6) is 1.74. The molecule has 2 aliphatic heterocycles. The molecule has 0 N–H and O–H groups in total. The van der Waals surface area contributed by atoms with E-state index in [1.807, 2.05) is 0 Å². The highest BCUT2D eigenvalue weighted by Crippen LogP contribution is 2.22. The van der Waals surface area contributed by atoms with Gasteiger partial charge in [0.2, 0.25) is 5.91 Å². The molecule has 0 aliphatic carbocycles. The molecule has 98 valence electrons. The van der Waals surface area contributed by atoms with Gasteiger partial charge in [-0.15, -0.1) is 0 Å². The lowest BCUT2D eigenvalue weighted by Crippen LogP contribution is -2.41. The minimum Gasteiger partial charge on any atom is -0.342 e. The molecule has 0 radical (unpaired) electrons. The molecule has 2 fully saturated rings. The van der Waals surface area contributed by atoms with Crippen LogP contribution in [-0.4, -0.2) is 48.9 Å². The number of carbonyl (C=O) groups is 1. The zero-order valence-electron chi connectivity index (χ0n) is 11.3. The summed E-state index contributed by atoms with van der Waals surface area (Å²) in [5.41, 5.74) is 0. The van der Waals surface area contributed by atoms with Crippen molar-refractivity contribution < 1.29 is 4.79 Å². The average Bonchev–Trinajstić information content (AvgIpc) is 2.32. The van der Waals surface area contributed by atoms with Crippen LogP contribution in [-0.2, 0) is 4.79 Å². The molecule has 1 amide bonds. The summed E-state index contributed by atoms with van der Waals surface area (Å²) in [6, 6.07) is 0. The third-order valence-electron chi connectivity index (χ3n) is 4.31. The smallest absolute Gasteiger partial charge is 0.222 e. The van der Waals surface area contributed by atoms with Crippen molar-refractivity contribution >= 4 is 5.91 Å². The molecule has 3 nitrogen and oxygen atoms in total. The molecule has 0 unspecified atom stereocenters. The van der Waals surface area contributed by atoms with E-state index < -0.39 is 0 Å². The number of nitrogens with zero attached hydrogens (tertiary/aromatic N) is 2. The molecule has 2 aliphatic rings. The van der Waals surface area contributed by atoms with Gasteiger partial charge in [0.25, 0.3) is 0 Å². The van der Waals surface area contributed by atoms with E-state index in [4.69, 9.17) is 0 Å². The molecular weight excluding hydrogens is 212 g/mol. The highest BCUT2D eigenvalue weighted by atomic mass is 16.2. The van der Waals surface area contributed by atoms with Crippen molar-refractivity contribution in [1.29, 1.82) is 0 Å². The topological polar surface area (TPSA) is 23.6 Å². The highest BCUT2D eigenvalue weighted by Gasteiger charge is 2.25. The van der Waals surface area contributed by atoms with Crippen LogP contribution in [0, 0.1) is 11.8 Å². The van der Waals surface area contributed by atoms with Gasteiger partial charge in [-0.05, 0) is 57.7 Å². The van der Waals surface area contributed by atoms with Gasteiger partial charge >= 0.3 is 0 Å². The number of rotatable bonds is 2. The van der Waals surface area contributed by atoms with Crippen molar-refractivity contribution in [3.8, 4) is 0 Å². The maximum absolute atomic E-state index is 12.2. The van der Waals surface area contributed by atoms with Gasteiger partial charge in [0.15, 0.2) is 0 Å². The van der Waals surface area contributed by atoms with Crippen LogP contribution in [0.3, 0.4) is 0 Å². The van der Waals surface area contributed by atoms with Gasteiger partial charge < -0.3 is 9.80 Å². The molecule has 17 heavy (non-hydrogen) atoms. The van der Waals surface area contributed by atoms with Crippen LogP contribution < -0.4 is 0 Å². The largest absolute Gasteiger partial charge is 0.342 e. The van der Waals surface area contributed by atoms with Gasteiger partial charge in [0, 0.05) is 19.5 Å². The Morgan fingerprint density at radius 1 is 1.18 bits per heavy atom. The van der Waals surface area contributed by atoms with Crippen LogP contribution >= 0.6 is 0 Å². The highest BCUT2D eigenvalue weighted by molar-refractivity contribution is 5.76. The molecule has 0 saturated carbocycles. The van der Waals surface area contributed by atoms with E-state index in [1.54, 1.807) is 0 Å². The van der Waals surface area contributed by atoms with Crippen LogP contribution in [0.5, 0.6) is 0 Å². The van der Waals surface area contributed by atoms with E-state index >= 15 is 0 Å². The Morgan fingerprint density at radius 2 is 1.88 bits per heavy atom. The van der Waals surface area contributed by atoms with Gasteiger partial charge in [-0.3, -0.25) is 4.79 Å². The minimum atomic E-state index is 0.408. The van der Waals surface area contributed by atoms with Crippen LogP contribution in [0.1, 0.15) is 39.0 Å². The van der Waals surface area contributed by atoms with Crippen LogP contribution in [0.25, 0.3) is 0 Å². The van der Waals surface area contributed by atoms with Gasteiger partial charge in [0.1, 0.15) is 0 Å². The average molecular weight is 238 g/mol. The normalized spacial score (nSPS) is 28.4. The fourth-order valence-electron chi connectivity index (χ4n) is 3.06. The van der Waals surface area contributed by atoms with Crippen molar-refractivity contribution in [2.45, 2.75) is 39.0 Å². The predicted octanol–water partition coefficient (Wildman–Crippen LogP) is 1.98. The van der Waals surface area contributed by atoms with Gasteiger partial charge in [-0.2, -0.15) is 0 Å². The van der Waals surface area contributed by atoms with Gasteiger partial charge in [0.05, 0.1) is 0 Å². The summed E-state index contributed by atoms with van der Waals surface area (Å²) in [5, 5.41) is 0. The SMILES string of the molecule is C[C@@H]1CCCN(C(=O)CC2CCN(C)CC2)C1. The van der Waals surface area contributed by atoms with Crippen molar-refractivity contribution in [2.75, 3.05) is 33.2 Å². The number of piperidine rings is 2. The Morgan fingerprint density at radius 3 is 2.53 bits per heavy atom. The van der Waals surface area contributed by atoms with Gasteiger partial charge in [-0.1, -0.05) is 6.92 Å². The molecule has 2 saturated heterocycles. The Bertz CT molecular complexity index is 259. The zero-order valence-corrected chi connectivity index (χ0v) is 11.3. The molecular formula is C14H26N2O. The first-order valence-electron chi connectivity index (χ1n) is 7.11. The van der Waals surface area contributed by atoms with Crippen LogP contribution in [0.2, 0.25) is 0 Å². The lowest BCUT2D eigenvalue weighted by molar-refractivity contribution is -0.134. The second kappa shape index (κ2) is 5.85. The standard InChI is InChI=1S/C14H26N2O/c1-12-4-3-7-16(11-12)14(17)10-13-5-8-15(2)9-6-13/h12-13H,3-11H2,1-2H3/t12-/m1/s1. The molecule has 0 bridgehead atoms. The maximum Gasteiger partial charge on any atom is 0.222 e. The molecule has 0 aromatic rings. The van der Waals surface area contributed by atoms with Crippen molar-refractivity contribution in [3.05, 3.63) is 0 Å². The Labute approximate surface area is 105 Å². The molecule has 0 spiro atoms. The van der Waals surface area contributed by atoms with Crippen LogP contribution in [0.4, 0.5) is 0 Å². The lowest BCUT2D eigenvalue weighted by Gasteiger charge is -2.34. The van der Waals surface area contributed by atoms with Gasteiger partial charge in [-0.25, -0.2) is 0 Å². The molecule has 0 aromatic carbocycles. The third kappa shape index (κ3) is 3.70. The zero-order chi connectivity index (χ0) is 12.3. The number of amides is 1. The quantitative estimate of drug-likeness (QED) is 0.734. The van der Waals surface area contributed by atoms with E-state index in [1.165, 1.54) is 25.7 Å². The van der Waals surface area contributed by atoms with Crippen molar-refractivity contribution in [2.24, 2.45) is 11.8 Å². The van der Waals surface area contributed by atoms with Crippen molar-refractivity contribution in [3.63, 3.8) is 0 Å². The summed E-state index contributed by atoms with van der Waals surface area (Å²) in [4.78, 5) is 16.7. The number of hydrogen-bond acceptors (Lipinski definition) is 2. The Kier molecular flexibility index (Phi) is 4.43. The third-order valence-corrected chi connectivity index (χ3v) is 4.31. The minimum absolute atomic E-state index is 0.408. The fourth-order valence-corrected chi connectivity index (χ4v) is 3.06. The lowest BCUT2D eigenvalue weighted by atomic mass is 9.92. The molecule has 2 heterocycles. The first kappa shape index (κ1) is 12.9. The number of hydrogen-bond donors (Lipinski definition) is 0. The monoisotopic (exact) mass is 238 g/mol. The second-order valence-corrected chi connectivity index (χ2v) is 6.04. The summed E-state index contributed by atoms with van der Waals surface area (Å²) >= 11 is 0. The van der Waals surface area contributed by atoms with E-state index in [2.05, 4.69) is 23.8 Å². The Hall–Kier alpha value is -0.570. The summed E-state index contributed by atoms with van der Waals surface area (Å²) in [6.45, 7) is 6.57. The first-order chi connectivity index (χ1) is 8.15. The molecule has 2 rings (SSSR count). The van der Waals surface area contributed by atoms with Crippen molar-refractivity contribution in [1.82, 2.24) is 9.80 Å². The van der Waals surface area contributed by atoms with E-state index in [-0.39, 0.29) is 0 Å². The molecule has 1 atom stereocenters. The summed E-state index contributed by atoms with van der Waals surface area (Å²) in [6.07, 6.45) is 5.68. The molecule has 3 heteroatoms. The second-order valence-electron chi connectivity index (χ2n) is 6.04. The van der Waals surface area contributed by atoms with E-state index in [9.17, 15) is 4.79 Å². The number of likely N-dealkylation sites (tertiary alicyclic amines) is 2. The number of carbonyl (C=O) groups excluding carboxylic acids is 1. The Balaban J connectivity index is 1.76. The van der Waals surface area contributed by atoms with Crippen LogP contribution in [0.15, 0.2) is 0 Å². The van der Waals surface area contributed by atoms with E-state index in [0.29, 0.717) is 17.7 Å². The molecule has 0 aromatic heterocycles. The predicted molar refractivity (Wildman–Crippen MR) is 69.8 cm³/mol. The fraction of sp³-hybridized carbons (Fsp3) is 0.929. The summed E-state index contributed by atoms with van der Waals surface area (Å²) < 4.78 is 0. The van der Waals surface area contributed by atoms with E-state index in [0.717, 1.165) is 32.6 Å². The first-order valence-corrected chi connectivity index (χ1v) is 7.11. The maximum atomic E-state index is 12.2. The summed E-state index contributed by atoms with van der Waals surface area (Å²) in [7, 11) is 2.17.